The van der Waals surface area contributed by atoms with Crippen LogP contribution in [0, 0.1) is 20.8 Å². The topological polar surface area (TPSA) is 58.6 Å². The number of likely N-dealkylation sites (N-methyl/N-ethyl adjacent to an activating group) is 1. The summed E-state index contributed by atoms with van der Waals surface area (Å²) in [6.45, 7) is 6.18. The smallest absolute Gasteiger partial charge is 0.261 e. The van der Waals surface area contributed by atoms with E-state index in [1.165, 1.54) is 0 Å². The molecule has 0 unspecified atom stereocenters. The molecule has 1 N–H and O–H groups in total. The molecule has 3 aromatic carbocycles. The SMILES string of the molecule is CNC(=O)[C@H](Cc1ccccc1)N(Cc1ccc(C)cc1)C(=O)COc1cccc(C)c1C. The first-order valence-corrected chi connectivity index (χ1v) is 11.2. The predicted molar refractivity (Wildman–Crippen MR) is 131 cm³/mol. The largest absolute Gasteiger partial charge is 0.483 e. The molecule has 0 heterocycles. The Hall–Kier alpha value is -3.60. The van der Waals surface area contributed by atoms with Crippen LogP contribution in [0.3, 0.4) is 0 Å². The normalized spacial score (nSPS) is 11.5. The van der Waals surface area contributed by atoms with Gasteiger partial charge < -0.3 is 15.0 Å². The van der Waals surface area contributed by atoms with Crippen molar-refractivity contribution in [1.82, 2.24) is 10.2 Å². The van der Waals surface area contributed by atoms with E-state index in [9.17, 15) is 9.59 Å². The molecule has 0 fully saturated rings. The van der Waals surface area contributed by atoms with Gasteiger partial charge in [-0.25, -0.2) is 0 Å². The summed E-state index contributed by atoms with van der Waals surface area (Å²) in [5, 5.41) is 2.73. The third-order valence-electron chi connectivity index (χ3n) is 5.90. The lowest BCUT2D eigenvalue weighted by atomic mass is 10.0. The van der Waals surface area contributed by atoms with Crippen LogP contribution in [-0.4, -0.2) is 36.4 Å². The van der Waals surface area contributed by atoms with E-state index in [2.05, 4.69) is 5.32 Å². The van der Waals surface area contributed by atoms with E-state index < -0.39 is 6.04 Å². The Morgan fingerprint density at radius 3 is 2.24 bits per heavy atom. The number of benzene rings is 3. The Morgan fingerprint density at radius 1 is 0.879 bits per heavy atom. The molecule has 2 amide bonds. The van der Waals surface area contributed by atoms with Gasteiger partial charge in [-0.15, -0.1) is 0 Å². The van der Waals surface area contributed by atoms with Gasteiger partial charge in [0.15, 0.2) is 6.61 Å². The van der Waals surface area contributed by atoms with Gasteiger partial charge in [-0.3, -0.25) is 9.59 Å². The van der Waals surface area contributed by atoms with Crippen molar-refractivity contribution in [2.45, 2.75) is 39.8 Å². The summed E-state index contributed by atoms with van der Waals surface area (Å²) in [5.41, 5.74) is 5.19. The van der Waals surface area contributed by atoms with Crippen LogP contribution in [0.15, 0.2) is 72.8 Å². The molecule has 172 valence electrons. The lowest BCUT2D eigenvalue weighted by Crippen LogP contribution is -2.51. The first-order chi connectivity index (χ1) is 15.9. The quantitative estimate of drug-likeness (QED) is 0.533. The van der Waals surface area contributed by atoms with Crippen LogP contribution in [0.5, 0.6) is 5.75 Å². The number of nitrogens with zero attached hydrogens (tertiary/aromatic N) is 1. The van der Waals surface area contributed by atoms with Crippen molar-refractivity contribution in [2.24, 2.45) is 0 Å². The van der Waals surface area contributed by atoms with E-state index in [4.69, 9.17) is 4.74 Å². The number of hydrogen-bond donors (Lipinski definition) is 1. The standard InChI is InChI=1S/C28H32N2O3/c1-20-13-15-24(16-14-20)18-30(25(28(32)29-4)17-23-10-6-5-7-11-23)27(31)19-33-26-12-8-9-21(2)22(26)3/h5-16,25H,17-19H2,1-4H3,(H,29,32)/t25-/m0/s1. The van der Waals surface area contributed by atoms with E-state index in [0.29, 0.717) is 18.7 Å². The number of hydrogen-bond acceptors (Lipinski definition) is 3. The monoisotopic (exact) mass is 444 g/mol. The maximum Gasteiger partial charge on any atom is 0.261 e. The highest BCUT2D eigenvalue weighted by Crippen LogP contribution is 2.21. The minimum atomic E-state index is -0.659. The fraction of sp³-hybridized carbons (Fsp3) is 0.286. The predicted octanol–water partition coefficient (Wildman–Crippen LogP) is 4.38. The van der Waals surface area contributed by atoms with Crippen LogP contribution in [0.2, 0.25) is 0 Å². The molecule has 0 aliphatic rings. The van der Waals surface area contributed by atoms with Crippen LogP contribution in [-0.2, 0) is 22.6 Å². The molecule has 1 atom stereocenters. The van der Waals surface area contributed by atoms with E-state index >= 15 is 0 Å². The van der Waals surface area contributed by atoms with Crippen LogP contribution < -0.4 is 10.1 Å². The number of rotatable bonds is 9. The summed E-state index contributed by atoms with van der Waals surface area (Å²) in [5.74, 6) is 0.241. The number of carbonyl (C=O) groups excluding carboxylic acids is 2. The Balaban J connectivity index is 1.88. The van der Waals surface area contributed by atoms with Gasteiger partial charge in [-0.2, -0.15) is 0 Å². The van der Waals surface area contributed by atoms with Gasteiger partial charge in [-0.05, 0) is 49.1 Å². The molecule has 0 bridgehead atoms. The molecular formula is C28H32N2O3. The second-order valence-electron chi connectivity index (χ2n) is 8.31. The molecule has 5 heteroatoms. The van der Waals surface area contributed by atoms with Gasteiger partial charge in [0, 0.05) is 20.0 Å². The molecule has 0 saturated heterocycles. The molecule has 0 aliphatic heterocycles. The highest BCUT2D eigenvalue weighted by atomic mass is 16.5. The van der Waals surface area contributed by atoms with Crippen LogP contribution in [0.4, 0.5) is 0 Å². The second kappa shape index (κ2) is 11.3. The molecule has 3 aromatic rings. The summed E-state index contributed by atoms with van der Waals surface area (Å²) < 4.78 is 5.91. The van der Waals surface area contributed by atoms with Crippen molar-refractivity contribution in [2.75, 3.05) is 13.7 Å². The second-order valence-corrected chi connectivity index (χ2v) is 8.31. The zero-order valence-corrected chi connectivity index (χ0v) is 19.8. The lowest BCUT2D eigenvalue weighted by molar-refractivity contribution is -0.142. The molecule has 0 aliphatic carbocycles. The molecule has 0 aromatic heterocycles. The van der Waals surface area contributed by atoms with Crippen LogP contribution >= 0.6 is 0 Å². The van der Waals surface area contributed by atoms with Crippen molar-refractivity contribution in [1.29, 1.82) is 0 Å². The van der Waals surface area contributed by atoms with Crippen LogP contribution in [0.25, 0.3) is 0 Å². The summed E-state index contributed by atoms with van der Waals surface area (Å²) >= 11 is 0. The number of aryl methyl sites for hydroxylation is 2. The fourth-order valence-electron chi connectivity index (χ4n) is 3.71. The van der Waals surface area contributed by atoms with E-state index in [1.54, 1.807) is 11.9 Å². The summed E-state index contributed by atoms with van der Waals surface area (Å²) in [4.78, 5) is 28.0. The minimum absolute atomic E-state index is 0.140. The third-order valence-corrected chi connectivity index (χ3v) is 5.90. The molecule has 3 rings (SSSR count). The minimum Gasteiger partial charge on any atom is -0.483 e. The zero-order chi connectivity index (χ0) is 23.8. The van der Waals surface area contributed by atoms with Crippen LogP contribution in [0.1, 0.15) is 27.8 Å². The Kier molecular flexibility index (Phi) is 8.25. The van der Waals surface area contributed by atoms with E-state index in [1.807, 2.05) is 93.6 Å². The first kappa shape index (κ1) is 24.1. The molecule has 0 spiro atoms. The highest BCUT2D eigenvalue weighted by Gasteiger charge is 2.30. The zero-order valence-electron chi connectivity index (χ0n) is 19.8. The van der Waals surface area contributed by atoms with Gasteiger partial charge in [0.05, 0.1) is 0 Å². The number of nitrogens with one attached hydrogen (secondary N) is 1. The van der Waals surface area contributed by atoms with Crippen molar-refractivity contribution >= 4 is 11.8 Å². The molecular weight excluding hydrogens is 412 g/mol. The van der Waals surface area contributed by atoms with Gasteiger partial charge >= 0.3 is 0 Å². The maximum atomic E-state index is 13.5. The summed E-state index contributed by atoms with van der Waals surface area (Å²) in [6, 6.07) is 22.9. The van der Waals surface area contributed by atoms with Gasteiger partial charge in [0.25, 0.3) is 5.91 Å². The summed E-state index contributed by atoms with van der Waals surface area (Å²) in [6.07, 6.45) is 0.418. The van der Waals surface area contributed by atoms with Gasteiger partial charge in [0.1, 0.15) is 11.8 Å². The molecule has 33 heavy (non-hydrogen) atoms. The molecule has 0 saturated carbocycles. The van der Waals surface area contributed by atoms with Crippen molar-refractivity contribution in [3.8, 4) is 5.75 Å². The van der Waals surface area contributed by atoms with Crippen molar-refractivity contribution in [3.05, 3.63) is 101 Å². The lowest BCUT2D eigenvalue weighted by Gasteiger charge is -2.31. The number of amides is 2. The maximum absolute atomic E-state index is 13.5. The van der Waals surface area contributed by atoms with Gasteiger partial charge in [0.2, 0.25) is 5.91 Å². The Morgan fingerprint density at radius 2 is 1.58 bits per heavy atom. The van der Waals surface area contributed by atoms with Gasteiger partial charge in [-0.1, -0.05) is 72.3 Å². The van der Waals surface area contributed by atoms with E-state index in [0.717, 1.165) is 27.8 Å². The highest BCUT2D eigenvalue weighted by molar-refractivity contribution is 5.88. The first-order valence-electron chi connectivity index (χ1n) is 11.2. The molecule has 5 nitrogen and oxygen atoms in total. The number of carbonyl (C=O) groups is 2. The average Bonchev–Trinajstić information content (AvgIpc) is 2.83. The third kappa shape index (κ3) is 6.45. The number of ether oxygens (including phenoxy) is 1. The Labute approximate surface area is 196 Å². The average molecular weight is 445 g/mol. The summed E-state index contributed by atoms with van der Waals surface area (Å²) in [7, 11) is 1.60. The van der Waals surface area contributed by atoms with E-state index in [-0.39, 0.29) is 18.4 Å². The van der Waals surface area contributed by atoms with Crippen molar-refractivity contribution in [3.63, 3.8) is 0 Å². The van der Waals surface area contributed by atoms with Crippen molar-refractivity contribution < 1.29 is 14.3 Å². The molecule has 0 radical (unpaired) electrons. The fourth-order valence-corrected chi connectivity index (χ4v) is 3.71. The Bertz CT molecular complexity index is 1080.